The van der Waals surface area contributed by atoms with Crippen LogP contribution in [0.4, 0.5) is 0 Å². The summed E-state index contributed by atoms with van der Waals surface area (Å²) in [6.45, 7) is -0.144. The summed E-state index contributed by atoms with van der Waals surface area (Å²) < 4.78 is 54.6. The fourth-order valence-corrected chi connectivity index (χ4v) is 5.60. The maximum absolute atomic E-state index is 13.9. The summed E-state index contributed by atoms with van der Waals surface area (Å²) in [5, 5.41) is 0. The van der Waals surface area contributed by atoms with Gasteiger partial charge < -0.3 is 47.4 Å². The first-order valence-electron chi connectivity index (χ1n) is 14.8. The predicted octanol–water partition coefficient (Wildman–Crippen LogP) is 4.99. The van der Waals surface area contributed by atoms with E-state index < -0.39 is 23.1 Å². The van der Waals surface area contributed by atoms with Crippen LogP contribution >= 0.6 is 0 Å². The molecule has 0 saturated carbocycles. The first kappa shape index (κ1) is 33.5. The van der Waals surface area contributed by atoms with Crippen molar-refractivity contribution in [3.8, 4) is 68.6 Å². The van der Waals surface area contributed by atoms with Crippen molar-refractivity contribution in [3.63, 3.8) is 0 Å². The third-order valence-corrected chi connectivity index (χ3v) is 8.08. The SMILES string of the molecule is COc1cc(OC)c(-c2cc(C(=O)C(=O)c3cc(OC)c4c(c3)OCO4)c(OC)cc2OC)cc1C(=O)C(=O)c1cc(OC)c2c(c1)OCO2. The number of Topliss-reactive ketones (excluding diaryl/α,β-unsaturated/α-hetero) is 4. The molecule has 0 radical (unpaired) electrons. The van der Waals surface area contributed by atoms with E-state index >= 15 is 0 Å². The highest BCUT2D eigenvalue weighted by Crippen LogP contribution is 2.46. The number of methoxy groups -OCH3 is 6. The highest BCUT2D eigenvalue weighted by molar-refractivity contribution is 6.50. The van der Waals surface area contributed by atoms with Crippen LogP contribution in [0.15, 0.2) is 48.5 Å². The molecule has 0 amide bonds. The maximum Gasteiger partial charge on any atom is 0.237 e. The Labute approximate surface area is 285 Å². The fraction of sp³-hybridized carbons (Fsp3) is 0.222. The Morgan fingerprint density at radius 1 is 0.420 bits per heavy atom. The zero-order valence-electron chi connectivity index (χ0n) is 27.7. The summed E-state index contributed by atoms with van der Waals surface area (Å²) in [6, 6.07) is 11.1. The second kappa shape index (κ2) is 13.6. The van der Waals surface area contributed by atoms with E-state index in [1.165, 1.54) is 91.2 Å². The lowest BCUT2D eigenvalue weighted by molar-refractivity contribution is 0.0814. The van der Waals surface area contributed by atoms with Crippen LogP contribution in [0.5, 0.6) is 57.5 Å². The number of benzene rings is 4. The minimum atomic E-state index is -0.928. The van der Waals surface area contributed by atoms with Crippen LogP contribution in [0.3, 0.4) is 0 Å². The Bertz CT molecular complexity index is 1920. The summed E-state index contributed by atoms with van der Waals surface area (Å²) >= 11 is 0. The van der Waals surface area contributed by atoms with Gasteiger partial charge >= 0.3 is 0 Å². The molecular formula is C36H30O14. The molecule has 0 unspecified atom stereocenters. The van der Waals surface area contributed by atoms with Gasteiger partial charge in [0.15, 0.2) is 23.0 Å². The average molecular weight is 687 g/mol. The quantitative estimate of drug-likeness (QED) is 0.137. The molecule has 4 aromatic carbocycles. The average Bonchev–Trinajstić information content (AvgIpc) is 3.85. The van der Waals surface area contributed by atoms with Crippen LogP contribution in [0.1, 0.15) is 41.4 Å². The van der Waals surface area contributed by atoms with Crippen molar-refractivity contribution in [1.29, 1.82) is 0 Å². The van der Waals surface area contributed by atoms with Crippen LogP contribution in [0.2, 0.25) is 0 Å². The Hall–Kier alpha value is -6.44. The van der Waals surface area contributed by atoms with Gasteiger partial charge in [0.1, 0.15) is 23.0 Å². The largest absolute Gasteiger partial charge is 0.496 e. The molecule has 50 heavy (non-hydrogen) atoms. The maximum atomic E-state index is 13.9. The topological polar surface area (TPSA) is 161 Å². The van der Waals surface area contributed by atoms with Gasteiger partial charge in [0.05, 0.1) is 53.8 Å². The monoisotopic (exact) mass is 686 g/mol. The van der Waals surface area contributed by atoms with E-state index in [0.29, 0.717) is 11.5 Å². The van der Waals surface area contributed by atoms with Gasteiger partial charge in [0, 0.05) is 34.4 Å². The minimum Gasteiger partial charge on any atom is -0.496 e. The van der Waals surface area contributed by atoms with Gasteiger partial charge in [-0.25, -0.2) is 0 Å². The second-order valence-corrected chi connectivity index (χ2v) is 10.6. The van der Waals surface area contributed by atoms with Gasteiger partial charge in [0.2, 0.25) is 48.2 Å². The third kappa shape index (κ3) is 5.70. The number of carbonyl (C=O) groups is 4. The summed E-state index contributed by atoms with van der Waals surface area (Å²) in [4.78, 5) is 55.0. The molecule has 14 heteroatoms. The molecule has 0 fully saturated rings. The number of ketones is 4. The molecular weight excluding hydrogens is 656 g/mol. The summed E-state index contributed by atoms with van der Waals surface area (Å²) in [7, 11) is 8.24. The summed E-state index contributed by atoms with van der Waals surface area (Å²) in [5.74, 6) is -1.62. The molecule has 0 spiro atoms. The molecule has 0 aromatic heterocycles. The molecule has 6 rings (SSSR count). The Kier molecular flexibility index (Phi) is 9.09. The van der Waals surface area contributed by atoms with Gasteiger partial charge in [-0.1, -0.05) is 0 Å². The van der Waals surface area contributed by atoms with Gasteiger partial charge in [-0.3, -0.25) is 19.2 Å². The summed E-state index contributed by atoms with van der Waals surface area (Å²) in [6.07, 6.45) is 0. The molecule has 258 valence electrons. The highest BCUT2D eigenvalue weighted by atomic mass is 16.7. The Balaban J connectivity index is 1.45. The van der Waals surface area contributed by atoms with Crippen LogP contribution in [0, 0.1) is 0 Å². The number of carbonyl (C=O) groups excluding carboxylic acids is 4. The van der Waals surface area contributed by atoms with E-state index in [1.54, 1.807) is 0 Å². The number of ether oxygens (including phenoxy) is 10. The Morgan fingerprint density at radius 2 is 0.780 bits per heavy atom. The van der Waals surface area contributed by atoms with Gasteiger partial charge in [-0.2, -0.15) is 0 Å². The van der Waals surface area contributed by atoms with Gasteiger partial charge in [-0.15, -0.1) is 0 Å². The Morgan fingerprint density at radius 3 is 1.12 bits per heavy atom. The lowest BCUT2D eigenvalue weighted by atomic mass is 9.92. The number of hydrogen-bond donors (Lipinski definition) is 0. The van der Waals surface area contributed by atoms with Crippen LogP contribution < -0.4 is 47.4 Å². The molecule has 0 aliphatic carbocycles. The zero-order chi connectivity index (χ0) is 35.7. The molecule has 2 aliphatic heterocycles. The van der Waals surface area contributed by atoms with Crippen molar-refractivity contribution < 1.29 is 66.5 Å². The first-order chi connectivity index (χ1) is 24.2. The normalized spacial score (nSPS) is 12.2. The van der Waals surface area contributed by atoms with Crippen LogP contribution in [-0.4, -0.2) is 79.4 Å². The third-order valence-electron chi connectivity index (χ3n) is 8.08. The van der Waals surface area contributed by atoms with Gasteiger partial charge in [-0.05, 0) is 36.4 Å². The van der Waals surface area contributed by atoms with E-state index in [2.05, 4.69) is 0 Å². The van der Waals surface area contributed by atoms with Crippen molar-refractivity contribution >= 4 is 23.1 Å². The zero-order valence-corrected chi connectivity index (χ0v) is 27.7. The number of fused-ring (bicyclic) bond motifs is 2. The van der Waals surface area contributed by atoms with Crippen molar-refractivity contribution in [2.75, 3.05) is 56.2 Å². The molecule has 4 aromatic rings. The lowest BCUT2D eigenvalue weighted by Gasteiger charge is -2.18. The highest BCUT2D eigenvalue weighted by Gasteiger charge is 2.31. The molecule has 2 aliphatic rings. The van der Waals surface area contributed by atoms with E-state index in [-0.39, 0.29) is 93.0 Å². The van der Waals surface area contributed by atoms with E-state index in [0.717, 1.165) is 0 Å². The summed E-state index contributed by atoms with van der Waals surface area (Å²) in [5.41, 5.74) is 0.198. The number of rotatable bonds is 13. The standard InChI is InChI=1S/C36H30O14/c1-41-23-13-25(43-3)21(33(39)31(37)17-7-27(45-5)35-29(9-17)47-15-49-35)11-19(23)20-12-22(26(44-4)14-24(20)42-2)34(40)32(38)18-8-28(46-6)36-30(10-18)48-16-50-36/h7-14H,15-16H2,1-6H3. The minimum absolute atomic E-state index is 0.0101. The van der Waals surface area contributed by atoms with Gasteiger partial charge in [0.25, 0.3) is 0 Å². The van der Waals surface area contributed by atoms with E-state index in [9.17, 15) is 19.2 Å². The fourth-order valence-electron chi connectivity index (χ4n) is 5.60. The van der Waals surface area contributed by atoms with Crippen molar-refractivity contribution in [3.05, 3.63) is 70.8 Å². The van der Waals surface area contributed by atoms with Crippen molar-refractivity contribution in [2.24, 2.45) is 0 Å². The second-order valence-electron chi connectivity index (χ2n) is 10.6. The first-order valence-corrected chi connectivity index (χ1v) is 14.8. The predicted molar refractivity (Wildman–Crippen MR) is 174 cm³/mol. The molecule has 0 bridgehead atoms. The number of hydrogen-bond acceptors (Lipinski definition) is 14. The van der Waals surface area contributed by atoms with E-state index in [4.69, 9.17) is 47.4 Å². The van der Waals surface area contributed by atoms with Crippen molar-refractivity contribution in [1.82, 2.24) is 0 Å². The molecule has 0 saturated heterocycles. The molecule has 14 nitrogen and oxygen atoms in total. The van der Waals surface area contributed by atoms with Crippen LogP contribution in [-0.2, 0) is 0 Å². The smallest absolute Gasteiger partial charge is 0.237 e. The van der Waals surface area contributed by atoms with Crippen LogP contribution in [0.25, 0.3) is 11.1 Å². The van der Waals surface area contributed by atoms with E-state index in [1.807, 2.05) is 0 Å². The van der Waals surface area contributed by atoms with Crippen molar-refractivity contribution in [2.45, 2.75) is 0 Å². The molecule has 2 heterocycles. The lowest BCUT2D eigenvalue weighted by Crippen LogP contribution is -2.17. The molecule has 0 atom stereocenters. The molecule has 0 N–H and O–H groups in total.